The standard InChI is InChI=1S/C12H18N2O3S2/c1-3-4-10-13-8(2)11(18-10)12(15)14-9-5-6-19(16,17)7-9/h9H,3-7H2,1-2H3,(H,14,15). The molecule has 1 unspecified atom stereocenters. The van der Waals surface area contributed by atoms with Crippen LogP contribution >= 0.6 is 11.3 Å². The molecule has 1 atom stereocenters. The van der Waals surface area contributed by atoms with E-state index in [1.54, 1.807) is 0 Å². The van der Waals surface area contributed by atoms with E-state index in [1.807, 2.05) is 6.92 Å². The average molecular weight is 302 g/mol. The van der Waals surface area contributed by atoms with Crippen molar-refractivity contribution in [2.45, 2.75) is 39.2 Å². The van der Waals surface area contributed by atoms with Crippen molar-refractivity contribution < 1.29 is 13.2 Å². The zero-order chi connectivity index (χ0) is 14.0. The van der Waals surface area contributed by atoms with Gasteiger partial charge in [0.2, 0.25) is 0 Å². The predicted octanol–water partition coefficient (Wildman–Crippen LogP) is 1.32. The first-order chi connectivity index (χ1) is 8.91. The van der Waals surface area contributed by atoms with Gasteiger partial charge in [0.25, 0.3) is 5.91 Å². The minimum absolute atomic E-state index is 0.0540. The van der Waals surface area contributed by atoms with Gasteiger partial charge in [0.05, 0.1) is 22.2 Å². The van der Waals surface area contributed by atoms with Crippen LogP contribution in [0.2, 0.25) is 0 Å². The van der Waals surface area contributed by atoms with Crippen molar-refractivity contribution in [3.63, 3.8) is 0 Å². The van der Waals surface area contributed by atoms with Crippen molar-refractivity contribution in [2.75, 3.05) is 11.5 Å². The number of aryl methyl sites for hydroxylation is 2. The third-order valence-electron chi connectivity index (χ3n) is 3.08. The number of rotatable bonds is 4. The first-order valence-electron chi connectivity index (χ1n) is 6.39. The second kappa shape index (κ2) is 5.58. The van der Waals surface area contributed by atoms with Gasteiger partial charge in [-0.05, 0) is 26.2 Å². The van der Waals surface area contributed by atoms with Gasteiger partial charge >= 0.3 is 0 Å². The summed E-state index contributed by atoms with van der Waals surface area (Å²) in [6.07, 6.45) is 2.37. The third kappa shape index (κ3) is 3.54. The van der Waals surface area contributed by atoms with E-state index in [0.29, 0.717) is 11.3 Å². The molecule has 1 aromatic heterocycles. The van der Waals surface area contributed by atoms with Crippen molar-refractivity contribution in [1.29, 1.82) is 0 Å². The number of nitrogens with one attached hydrogen (secondary N) is 1. The second-order valence-corrected chi connectivity index (χ2v) is 8.16. The smallest absolute Gasteiger partial charge is 0.263 e. The molecule has 0 radical (unpaired) electrons. The molecule has 2 rings (SSSR count). The van der Waals surface area contributed by atoms with E-state index in [-0.39, 0.29) is 23.5 Å². The Kier molecular flexibility index (Phi) is 4.25. The highest BCUT2D eigenvalue weighted by Gasteiger charge is 2.29. The van der Waals surface area contributed by atoms with E-state index < -0.39 is 9.84 Å². The molecular weight excluding hydrogens is 284 g/mol. The summed E-state index contributed by atoms with van der Waals surface area (Å²) in [4.78, 5) is 17.1. The van der Waals surface area contributed by atoms with Gasteiger partial charge in [-0.3, -0.25) is 4.79 Å². The molecule has 0 saturated carbocycles. The van der Waals surface area contributed by atoms with Gasteiger partial charge in [-0.15, -0.1) is 11.3 Å². The molecule has 1 aliphatic rings. The number of hydrogen-bond donors (Lipinski definition) is 1. The lowest BCUT2D eigenvalue weighted by atomic mass is 10.2. The molecule has 0 aliphatic carbocycles. The Morgan fingerprint density at radius 2 is 2.26 bits per heavy atom. The maximum Gasteiger partial charge on any atom is 0.263 e. The topological polar surface area (TPSA) is 76.1 Å². The van der Waals surface area contributed by atoms with Crippen LogP contribution < -0.4 is 5.32 Å². The molecule has 7 heteroatoms. The summed E-state index contributed by atoms with van der Waals surface area (Å²) >= 11 is 1.40. The highest BCUT2D eigenvalue weighted by Crippen LogP contribution is 2.20. The molecule has 1 N–H and O–H groups in total. The van der Waals surface area contributed by atoms with Crippen LogP contribution in [0.4, 0.5) is 0 Å². The Bertz CT molecular complexity index is 578. The maximum absolute atomic E-state index is 12.1. The molecule has 1 saturated heterocycles. The molecule has 0 spiro atoms. The first kappa shape index (κ1) is 14.5. The Morgan fingerprint density at radius 3 is 2.84 bits per heavy atom. The highest BCUT2D eigenvalue weighted by atomic mass is 32.2. The molecular formula is C12H18N2O3S2. The summed E-state index contributed by atoms with van der Waals surface area (Å²) in [5.41, 5.74) is 0.729. The SMILES string of the molecule is CCCc1nc(C)c(C(=O)NC2CCS(=O)(=O)C2)s1. The summed E-state index contributed by atoms with van der Waals surface area (Å²) in [7, 11) is -2.96. The molecule has 5 nitrogen and oxygen atoms in total. The lowest BCUT2D eigenvalue weighted by Crippen LogP contribution is -2.35. The quantitative estimate of drug-likeness (QED) is 0.910. The third-order valence-corrected chi connectivity index (χ3v) is 6.06. The summed E-state index contributed by atoms with van der Waals surface area (Å²) < 4.78 is 22.7. The first-order valence-corrected chi connectivity index (χ1v) is 9.02. The average Bonchev–Trinajstić information content (AvgIpc) is 2.82. The van der Waals surface area contributed by atoms with E-state index in [0.717, 1.165) is 23.5 Å². The Balaban J connectivity index is 2.04. The van der Waals surface area contributed by atoms with Gasteiger partial charge in [-0.25, -0.2) is 13.4 Å². The molecule has 1 aliphatic heterocycles. The number of carbonyl (C=O) groups is 1. The summed E-state index contributed by atoms with van der Waals surface area (Å²) in [6.45, 7) is 3.88. The fourth-order valence-corrected chi connectivity index (χ4v) is 4.89. The molecule has 106 valence electrons. The molecule has 0 aromatic carbocycles. The largest absolute Gasteiger partial charge is 0.347 e. The number of aromatic nitrogens is 1. The van der Waals surface area contributed by atoms with Crippen LogP contribution in [0.25, 0.3) is 0 Å². The van der Waals surface area contributed by atoms with Crippen LogP contribution in [-0.2, 0) is 16.3 Å². The van der Waals surface area contributed by atoms with Crippen molar-refractivity contribution in [3.8, 4) is 0 Å². The van der Waals surface area contributed by atoms with Gasteiger partial charge < -0.3 is 5.32 Å². The van der Waals surface area contributed by atoms with Gasteiger partial charge in [0.15, 0.2) is 9.84 Å². The van der Waals surface area contributed by atoms with Crippen LogP contribution in [0.3, 0.4) is 0 Å². The zero-order valence-corrected chi connectivity index (χ0v) is 12.7. The van der Waals surface area contributed by atoms with E-state index >= 15 is 0 Å². The van der Waals surface area contributed by atoms with Gasteiger partial charge in [-0.2, -0.15) is 0 Å². The van der Waals surface area contributed by atoms with Crippen molar-refractivity contribution in [3.05, 3.63) is 15.6 Å². The summed E-state index contributed by atoms with van der Waals surface area (Å²) in [5, 5.41) is 3.76. The van der Waals surface area contributed by atoms with Crippen LogP contribution in [-0.4, -0.2) is 36.9 Å². The lowest BCUT2D eigenvalue weighted by Gasteiger charge is -2.09. The Labute approximate surface area is 117 Å². The van der Waals surface area contributed by atoms with Gasteiger partial charge in [-0.1, -0.05) is 6.92 Å². The molecule has 19 heavy (non-hydrogen) atoms. The Hall–Kier alpha value is -0.950. The minimum Gasteiger partial charge on any atom is -0.347 e. The second-order valence-electron chi connectivity index (χ2n) is 4.85. The van der Waals surface area contributed by atoms with Crippen LogP contribution in [0.1, 0.15) is 40.1 Å². The monoisotopic (exact) mass is 302 g/mol. The normalized spacial score (nSPS) is 21.5. The summed E-state index contributed by atoms with van der Waals surface area (Å²) in [5.74, 6) is 0.0264. The van der Waals surface area contributed by atoms with Crippen LogP contribution in [0.5, 0.6) is 0 Å². The van der Waals surface area contributed by atoms with Crippen molar-refractivity contribution >= 4 is 27.1 Å². The maximum atomic E-state index is 12.1. The van der Waals surface area contributed by atoms with Gasteiger partial charge in [0.1, 0.15) is 4.88 Å². The molecule has 1 fully saturated rings. The number of nitrogens with zero attached hydrogens (tertiary/aromatic N) is 1. The molecule has 1 aromatic rings. The van der Waals surface area contributed by atoms with E-state index in [4.69, 9.17) is 0 Å². The Morgan fingerprint density at radius 1 is 1.53 bits per heavy atom. The summed E-state index contributed by atoms with van der Waals surface area (Å²) in [6, 6.07) is -0.256. The molecule has 1 amide bonds. The van der Waals surface area contributed by atoms with Crippen LogP contribution in [0.15, 0.2) is 0 Å². The molecule has 0 bridgehead atoms. The lowest BCUT2D eigenvalue weighted by molar-refractivity contribution is 0.0944. The highest BCUT2D eigenvalue weighted by molar-refractivity contribution is 7.91. The zero-order valence-electron chi connectivity index (χ0n) is 11.1. The van der Waals surface area contributed by atoms with E-state index in [1.165, 1.54) is 11.3 Å². The number of sulfone groups is 1. The number of amides is 1. The number of carbonyl (C=O) groups excluding carboxylic acids is 1. The van der Waals surface area contributed by atoms with Crippen LogP contribution in [0, 0.1) is 6.92 Å². The molecule has 2 heterocycles. The van der Waals surface area contributed by atoms with Gasteiger partial charge in [0, 0.05) is 6.04 Å². The van der Waals surface area contributed by atoms with E-state index in [2.05, 4.69) is 17.2 Å². The van der Waals surface area contributed by atoms with Crippen molar-refractivity contribution in [2.24, 2.45) is 0 Å². The fourth-order valence-electron chi connectivity index (χ4n) is 2.14. The minimum atomic E-state index is -2.96. The predicted molar refractivity (Wildman–Crippen MR) is 75.4 cm³/mol. The fraction of sp³-hybridized carbons (Fsp3) is 0.667. The number of thiazole rings is 1. The van der Waals surface area contributed by atoms with Crippen molar-refractivity contribution in [1.82, 2.24) is 10.3 Å². The van der Waals surface area contributed by atoms with E-state index in [9.17, 15) is 13.2 Å². The number of hydrogen-bond acceptors (Lipinski definition) is 5.